The number of aryl methyl sites for hydroxylation is 1. The lowest BCUT2D eigenvalue weighted by molar-refractivity contribution is 0.0948. The average molecular weight is 385 g/mol. The first-order valence-corrected chi connectivity index (χ1v) is 9.68. The Kier molecular flexibility index (Phi) is 5.33. The molecular weight excluding hydrogens is 362 g/mol. The molecule has 0 saturated heterocycles. The van der Waals surface area contributed by atoms with Gasteiger partial charge in [-0.25, -0.2) is 9.97 Å². The Morgan fingerprint density at radius 1 is 1.14 bits per heavy atom. The number of hydrogen-bond donors (Lipinski definition) is 1. The number of amides is 1. The van der Waals surface area contributed by atoms with Gasteiger partial charge in [-0.2, -0.15) is 0 Å². The van der Waals surface area contributed by atoms with Crippen LogP contribution in [0.25, 0.3) is 22.2 Å². The number of aromatic nitrogens is 4. The Labute approximate surface area is 169 Å². The molecule has 1 aromatic carbocycles. The summed E-state index contributed by atoms with van der Waals surface area (Å²) in [6.07, 6.45) is 7.22. The molecule has 3 heterocycles. The van der Waals surface area contributed by atoms with E-state index in [-0.39, 0.29) is 11.8 Å². The van der Waals surface area contributed by atoms with E-state index in [1.54, 1.807) is 18.6 Å². The zero-order valence-corrected chi connectivity index (χ0v) is 16.5. The molecule has 0 bridgehead atoms. The number of pyridine rings is 2. The summed E-state index contributed by atoms with van der Waals surface area (Å²) in [4.78, 5) is 26.1. The van der Waals surface area contributed by atoms with Gasteiger partial charge in [-0.3, -0.25) is 9.78 Å². The van der Waals surface area contributed by atoms with Gasteiger partial charge in [-0.1, -0.05) is 25.1 Å². The van der Waals surface area contributed by atoms with Crippen molar-refractivity contribution in [3.05, 3.63) is 78.6 Å². The predicted molar refractivity (Wildman–Crippen MR) is 113 cm³/mol. The minimum absolute atomic E-state index is 0.0897. The second-order valence-electron chi connectivity index (χ2n) is 7.25. The number of para-hydroxylation sites is 1. The first-order valence-electron chi connectivity index (χ1n) is 9.68. The average Bonchev–Trinajstić information content (AvgIpc) is 3.16. The highest BCUT2D eigenvalue weighted by atomic mass is 16.1. The fourth-order valence-corrected chi connectivity index (χ4v) is 3.39. The fourth-order valence-electron chi connectivity index (χ4n) is 3.39. The Morgan fingerprint density at radius 2 is 1.93 bits per heavy atom. The van der Waals surface area contributed by atoms with Gasteiger partial charge in [0.05, 0.1) is 16.8 Å². The van der Waals surface area contributed by atoms with Crippen LogP contribution in [0.15, 0.2) is 67.3 Å². The lowest BCUT2D eigenvalue weighted by Gasteiger charge is -2.15. The molecule has 1 amide bonds. The number of hydrogen-bond acceptors (Lipinski definition) is 4. The van der Waals surface area contributed by atoms with Gasteiger partial charge in [-0.15, -0.1) is 0 Å². The van der Waals surface area contributed by atoms with Crippen molar-refractivity contribution >= 4 is 16.8 Å². The number of fused-ring (bicyclic) bond motifs is 1. The summed E-state index contributed by atoms with van der Waals surface area (Å²) in [5.41, 5.74) is 3.13. The van der Waals surface area contributed by atoms with E-state index < -0.39 is 0 Å². The van der Waals surface area contributed by atoms with E-state index >= 15 is 0 Å². The van der Waals surface area contributed by atoms with Crippen LogP contribution in [-0.2, 0) is 6.54 Å². The lowest BCUT2D eigenvalue weighted by Crippen LogP contribution is -2.30. The maximum absolute atomic E-state index is 13.0. The van der Waals surface area contributed by atoms with E-state index in [1.165, 1.54) is 0 Å². The molecular formula is C23H23N5O. The minimum Gasteiger partial charge on any atom is -0.352 e. The molecule has 4 aromatic rings. The molecule has 0 aliphatic heterocycles. The van der Waals surface area contributed by atoms with Crippen molar-refractivity contribution in [1.29, 1.82) is 0 Å². The van der Waals surface area contributed by atoms with E-state index in [9.17, 15) is 4.79 Å². The Bertz CT molecular complexity index is 1140. The van der Waals surface area contributed by atoms with Gasteiger partial charge in [0.15, 0.2) is 0 Å². The molecule has 0 radical (unpaired) electrons. The van der Waals surface area contributed by atoms with Crippen LogP contribution in [-0.4, -0.2) is 32.0 Å². The van der Waals surface area contributed by atoms with E-state index in [0.717, 1.165) is 34.5 Å². The summed E-state index contributed by atoms with van der Waals surface area (Å²) in [5.74, 6) is 1.16. The van der Waals surface area contributed by atoms with E-state index in [0.29, 0.717) is 12.1 Å². The largest absolute Gasteiger partial charge is 0.352 e. The second-order valence-corrected chi connectivity index (χ2v) is 7.25. The lowest BCUT2D eigenvalue weighted by atomic mass is 10.0. The molecule has 146 valence electrons. The number of imidazole rings is 1. The van der Waals surface area contributed by atoms with Gasteiger partial charge >= 0.3 is 0 Å². The highest BCUT2D eigenvalue weighted by Crippen LogP contribution is 2.24. The Morgan fingerprint density at radius 3 is 2.69 bits per heavy atom. The van der Waals surface area contributed by atoms with Gasteiger partial charge in [0.2, 0.25) is 0 Å². The van der Waals surface area contributed by atoms with Crippen molar-refractivity contribution in [2.45, 2.75) is 20.4 Å². The molecule has 1 atom stereocenters. The van der Waals surface area contributed by atoms with Crippen LogP contribution in [0, 0.1) is 12.8 Å². The number of carbonyl (C=O) groups is 1. The van der Waals surface area contributed by atoms with Crippen molar-refractivity contribution in [1.82, 2.24) is 24.8 Å². The maximum Gasteiger partial charge on any atom is 0.252 e. The van der Waals surface area contributed by atoms with Crippen LogP contribution in [0.4, 0.5) is 0 Å². The van der Waals surface area contributed by atoms with Gasteiger partial charge in [0, 0.05) is 48.8 Å². The molecule has 0 fully saturated rings. The van der Waals surface area contributed by atoms with Crippen molar-refractivity contribution in [3.63, 3.8) is 0 Å². The molecule has 3 aromatic heterocycles. The number of nitrogens with one attached hydrogen (secondary N) is 1. The Hall–Kier alpha value is -3.54. The van der Waals surface area contributed by atoms with Crippen LogP contribution < -0.4 is 5.32 Å². The summed E-state index contributed by atoms with van der Waals surface area (Å²) >= 11 is 0. The van der Waals surface area contributed by atoms with Crippen LogP contribution in [0.2, 0.25) is 0 Å². The van der Waals surface area contributed by atoms with E-state index in [4.69, 9.17) is 4.98 Å². The van der Waals surface area contributed by atoms with E-state index in [2.05, 4.69) is 26.8 Å². The maximum atomic E-state index is 13.0. The topological polar surface area (TPSA) is 72.7 Å². The first-order chi connectivity index (χ1) is 14.1. The highest BCUT2D eigenvalue weighted by molar-refractivity contribution is 6.07. The number of nitrogens with zero attached hydrogens (tertiary/aromatic N) is 4. The summed E-state index contributed by atoms with van der Waals surface area (Å²) in [6.45, 7) is 5.49. The molecule has 29 heavy (non-hydrogen) atoms. The SMILES string of the molecule is Cc1nccn1C[C@@H](C)CNC(=O)c1cc(-c2ccncc2)nc2ccccc12. The number of carbonyl (C=O) groups excluding carboxylic acids is 1. The molecule has 0 unspecified atom stereocenters. The molecule has 0 aliphatic rings. The predicted octanol–water partition coefficient (Wildman–Crippen LogP) is 3.87. The summed E-state index contributed by atoms with van der Waals surface area (Å²) in [7, 11) is 0. The number of benzene rings is 1. The second kappa shape index (κ2) is 8.22. The molecule has 1 N–H and O–H groups in total. The monoisotopic (exact) mass is 385 g/mol. The third-order valence-electron chi connectivity index (χ3n) is 4.98. The molecule has 0 spiro atoms. The zero-order valence-electron chi connectivity index (χ0n) is 16.5. The molecule has 6 heteroatoms. The smallest absolute Gasteiger partial charge is 0.252 e. The normalized spacial score (nSPS) is 12.1. The van der Waals surface area contributed by atoms with Gasteiger partial charge in [-0.05, 0) is 37.1 Å². The van der Waals surface area contributed by atoms with Gasteiger partial charge < -0.3 is 9.88 Å². The Balaban J connectivity index is 1.57. The van der Waals surface area contributed by atoms with Crippen LogP contribution in [0.3, 0.4) is 0 Å². The van der Waals surface area contributed by atoms with Crippen LogP contribution >= 0.6 is 0 Å². The highest BCUT2D eigenvalue weighted by Gasteiger charge is 2.15. The first kappa shape index (κ1) is 18.8. The van der Waals surface area contributed by atoms with Crippen LogP contribution in [0.5, 0.6) is 0 Å². The molecule has 6 nitrogen and oxygen atoms in total. The van der Waals surface area contributed by atoms with Gasteiger partial charge in [0.25, 0.3) is 5.91 Å². The van der Waals surface area contributed by atoms with Crippen molar-refractivity contribution in [3.8, 4) is 11.3 Å². The van der Waals surface area contributed by atoms with Gasteiger partial charge in [0.1, 0.15) is 5.82 Å². The van der Waals surface area contributed by atoms with Crippen molar-refractivity contribution in [2.75, 3.05) is 6.54 Å². The number of rotatable bonds is 6. The van der Waals surface area contributed by atoms with Crippen molar-refractivity contribution in [2.24, 2.45) is 5.92 Å². The minimum atomic E-state index is -0.0897. The third kappa shape index (κ3) is 4.16. The van der Waals surface area contributed by atoms with E-state index in [1.807, 2.05) is 55.6 Å². The molecule has 0 saturated carbocycles. The quantitative estimate of drug-likeness (QED) is 0.547. The summed E-state index contributed by atoms with van der Waals surface area (Å²) < 4.78 is 2.10. The fraction of sp³-hybridized carbons (Fsp3) is 0.217. The molecule has 4 rings (SSSR count). The molecule has 0 aliphatic carbocycles. The third-order valence-corrected chi connectivity index (χ3v) is 4.98. The van der Waals surface area contributed by atoms with Crippen LogP contribution in [0.1, 0.15) is 23.1 Å². The van der Waals surface area contributed by atoms with Crippen molar-refractivity contribution < 1.29 is 4.79 Å². The zero-order chi connectivity index (χ0) is 20.2. The summed E-state index contributed by atoms with van der Waals surface area (Å²) in [5, 5.41) is 3.94. The standard InChI is InChI=1S/C23H23N5O/c1-16(15-28-12-11-25-17(28)2)14-26-23(29)20-13-22(18-7-9-24-10-8-18)27-21-6-4-3-5-19(20)21/h3-13,16H,14-15H2,1-2H3,(H,26,29)/t16-/m0/s1. The summed E-state index contributed by atoms with van der Waals surface area (Å²) in [6, 6.07) is 13.4.